The van der Waals surface area contributed by atoms with Crippen molar-refractivity contribution in [3.05, 3.63) is 46.7 Å². The number of rotatable bonds is 6. The van der Waals surface area contributed by atoms with Crippen LogP contribution in [-0.4, -0.2) is 39.9 Å². The van der Waals surface area contributed by atoms with Crippen LogP contribution >= 0.6 is 11.3 Å². The summed E-state index contributed by atoms with van der Waals surface area (Å²) in [6.45, 7) is 5.17. The van der Waals surface area contributed by atoms with Crippen molar-refractivity contribution in [2.75, 3.05) is 12.4 Å². The lowest BCUT2D eigenvalue weighted by molar-refractivity contribution is -0.123. The van der Waals surface area contributed by atoms with Crippen molar-refractivity contribution in [2.45, 2.75) is 26.9 Å². The Labute approximate surface area is 172 Å². The number of amides is 1. The topological polar surface area (TPSA) is 95.3 Å². The molecule has 1 atom stereocenters. The molecule has 0 spiro atoms. The molecule has 2 aromatic heterocycles. The van der Waals surface area contributed by atoms with Gasteiger partial charge in [0.25, 0.3) is 5.91 Å². The predicted molar refractivity (Wildman–Crippen MR) is 110 cm³/mol. The lowest BCUT2D eigenvalue weighted by atomic mass is 10.2. The number of methoxy groups -OCH3 is 1. The highest BCUT2D eigenvalue weighted by atomic mass is 32.1. The number of benzene rings is 1. The fraction of sp³-hybridized carbons (Fsp3) is 0.300. The summed E-state index contributed by atoms with van der Waals surface area (Å²) in [7, 11) is 3.39. The summed E-state index contributed by atoms with van der Waals surface area (Å²) in [4.78, 5) is 29.1. The van der Waals surface area contributed by atoms with Gasteiger partial charge in [0.15, 0.2) is 11.8 Å². The number of esters is 1. The molecule has 0 radical (unpaired) electrons. The van der Waals surface area contributed by atoms with E-state index in [1.807, 2.05) is 31.2 Å². The van der Waals surface area contributed by atoms with Crippen molar-refractivity contribution in [3.8, 4) is 16.3 Å². The monoisotopic (exact) mass is 414 g/mol. The molecule has 3 aromatic rings. The van der Waals surface area contributed by atoms with Crippen LogP contribution in [0.4, 0.5) is 5.69 Å². The molecule has 1 N–H and O–H groups in total. The fourth-order valence-corrected chi connectivity index (χ4v) is 3.48. The number of carbonyl (C=O) groups is 2. The molecule has 1 aromatic carbocycles. The smallest absolute Gasteiger partial charge is 0.358 e. The molecule has 0 aliphatic heterocycles. The van der Waals surface area contributed by atoms with E-state index in [9.17, 15) is 9.59 Å². The first kappa shape index (κ1) is 20.5. The Balaban J connectivity index is 1.65. The number of hydrogen-bond donors (Lipinski definition) is 1. The first-order chi connectivity index (χ1) is 13.8. The van der Waals surface area contributed by atoms with E-state index in [2.05, 4.69) is 15.4 Å². The Kier molecular flexibility index (Phi) is 5.97. The quantitative estimate of drug-likeness (QED) is 0.622. The minimum absolute atomic E-state index is 0.161. The lowest BCUT2D eigenvalue weighted by Crippen LogP contribution is -2.30. The van der Waals surface area contributed by atoms with Gasteiger partial charge in [-0.2, -0.15) is 5.10 Å². The third kappa shape index (κ3) is 4.45. The molecule has 0 unspecified atom stereocenters. The zero-order valence-corrected chi connectivity index (χ0v) is 17.7. The molecule has 0 aliphatic carbocycles. The van der Waals surface area contributed by atoms with Crippen LogP contribution in [0.1, 0.15) is 28.8 Å². The summed E-state index contributed by atoms with van der Waals surface area (Å²) >= 11 is 1.32. The van der Waals surface area contributed by atoms with Crippen LogP contribution in [0, 0.1) is 13.8 Å². The maximum Gasteiger partial charge on any atom is 0.358 e. The van der Waals surface area contributed by atoms with Crippen LogP contribution in [0.15, 0.2) is 29.6 Å². The summed E-state index contributed by atoms with van der Waals surface area (Å²) in [5.74, 6) is -0.338. The third-order valence-corrected chi connectivity index (χ3v) is 5.35. The van der Waals surface area contributed by atoms with Gasteiger partial charge in [-0.05, 0) is 45.0 Å². The van der Waals surface area contributed by atoms with Gasteiger partial charge >= 0.3 is 5.97 Å². The number of ether oxygens (including phenoxy) is 2. The third-order valence-electron chi connectivity index (χ3n) is 4.46. The predicted octanol–water partition coefficient (Wildman–Crippen LogP) is 3.35. The number of nitrogens with one attached hydrogen (secondary N) is 1. The molecule has 29 heavy (non-hydrogen) atoms. The summed E-state index contributed by atoms with van der Waals surface area (Å²) in [6.07, 6.45) is -0.979. The molecule has 0 saturated carbocycles. The number of carbonyl (C=O) groups excluding carboxylic acids is 2. The standard InChI is InChI=1S/C20H22N4O4S/c1-11-17(12(2)24(4)23-11)22-18(25)13(3)28-20(26)16-10-29-19(21-16)14-6-8-15(27-5)9-7-14/h6-10,13H,1-5H3,(H,22,25)/t13-/m1/s1. The largest absolute Gasteiger partial charge is 0.497 e. The lowest BCUT2D eigenvalue weighted by Gasteiger charge is -2.13. The highest BCUT2D eigenvalue weighted by Gasteiger charge is 2.23. The van der Waals surface area contributed by atoms with E-state index in [-0.39, 0.29) is 5.69 Å². The molecule has 0 bridgehead atoms. The van der Waals surface area contributed by atoms with Gasteiger partial charge in [0, 0.05) is 18.0 Å². The van der Waals surface area contributed by atoms with Crippen LogP contribution in [0.2, 0.25) is 0 Å². The maximum absolute atomic E-state index is 12.4. The second kappa shape index (κ2) is 8.44. The minimum atomic E-state index is -0.979. The van der Waals surface area contributed by atoms with E-state index >= 15 is 0 Å². The van der Waals surface area contributed by atoms with Gasteiger partial charge < -0.3 is 14.8 Å². The van der Waals surface area contributed by atoms with Gasteiger partial charge in [-0.3, -0.25) is 9.48 Å². The second-order valence-electron chi connectivity index (χ2n) is 6.47. The Hall–Kier alpha value is -3.20. The first-order valence-electron chi connectivity index (χ1n) is 8.92. The summed E-state index contributed by atoms with van der Waals surface area (Å²) in [5, 5.41) is 9.31. The molecule has 152 valence electrons. The Morgan fingerprint density at radius 3 is 2.48 bits per heavy atom. The molecular formula is C20H22N4O4S. The van der Waals surface area contributed by atoms with Gasteiger partial charge in [0.1, 0.15) is 10.8 Å². The van der Waals surface area contributed by atoms with Crippen molar-refractivity contribution >= 4 is 28.9 Å². The molecule has 0 saturated heterocycles. The van der Waals surface area contributed by atoms with E-state index < -0.39 is 18.0 Å². The van der Waals surface area contributed by atoms with E-state index in [0.717, 1.165) is 17.0 Å². The molecule has 0 aliphatic rings. The average molecular weight is 414 g/mol. The van der Waals surface area contributed by atoms with E-state index in [1.165, 1.54) is 18.3 Å². The Morgan fingerprint density at radius 1 is 1.21 bits per heavy atom. The number of aryl methyl sites for hydroxylation is 2. The average Bonchev–Trinajstić information content (AvgIpc) is 3.29. The number of nitrogens with zero attached hydrogens (tertiary/aromatic N) is 3. The SMILES string of the molecule is COc1ccc(-c2nc(C(=O)O[C@H](C)C(=O)Nc3c(C)nn(C)c3C)cs2)cc1. The minimum Gasteiger partial charge on any atom is -0.497 e. The van der Waals surface area contributed by atoms with E-state index in [1.54, 1.807) is 31.1 Å². The van der Waals surface area contributed by atoms with Gasteiger partial charge in [-0.25, -0.2) is 9.78 Å². The summed E-state index contributed by atoms with van der Waals surface area (Å²) in [5.41, 5.74) is 3.16. The van der Waals surface area contributed by atoms with Crippen LogP contribution in [-0.2, 0) is 16.6 Å². The highest BCUT2D eigenvalue weighted by molar-refractivity contribution is 7.13. The maximum atomic E-state index is 12.4. The summed E-state index contributed by atoms with van der Waals surface area (Å²) in [6, 6.07) is 7.37. The Bertz CT molecular complexity index is 1040. The van der Waals surface area contributed by atoms with Crippen LogP contribution in [0.5, 0.6) is 5.75 Å². The normalized spacial score (nSPS) is 11.8. The fourth-order valence-electron chi connectivity index (χ4n) is 2.69. The zero-order chi connectivity index (χ0) is 21.1. The van der Waals surface area contributed by atoms with Gasteiger partial charge in [0.2, 0.25) is 0 Å². The zero-order valence-electron chi connectivity index (χ0n) is 16.8. The van der Waals surface area contributed by atoms with Crippen LogP contribution < -0.4 is 10.1 Å². The van der Waals surface area contributed by atoms with Gasteiger partial charge in [0.05, 0.1) is 24.2 Å². The molecular weight excluding hydrogens is 392 g/mol. The van der Waals surface area contributed by atoms with E-state index in [4.69, 9.17) is 9.47 Å². The number of aromatic nitrogens is 3. The number of thiazole rings is 1. The number of hydrogen-bond acceptors (Lipinski definition) is 7. The van der Waals surface area contributed by atoms with Gasteiger partial charge in [-0.1, -0.05) is 0 Å². The van der Waals surface area contributed by atoms with Crippen LogP contribution in [0.3, 0.4) is 0 Å². The van der Waals surface area contributed by atoms with Crippen molar-refractivity contribution in [3.63, 3.8) is 0 Å². The summed E-state index contributed by atoms with van der Waals surface area (Å²) < 4.78 is 12.1. The molecule has 2 heterocycles. The van der Waals surface area contributed by atoms with Crippen molar-refractivity contribution in [1.29, 1.82) is 0 Å². The van der Waals surface area contributed by atoms with Crippen molar-refractivity contribution in [1.82, 2.24) is 14.8 Å². The van der Waals surface area contributed by atoms with E-state index in [0.29, 0.717) is 16.4 Å². The highest BCUT2D eigenvalue weighted by Crippen LogP contribution is 2.26. The molecule has 1 amide bonds. The van der Waals surface area contributed by atoms with Crippen molar-refractivity contribution < 1.29 is 19.1 Å². The Morgan fingerprint density at radius 2 is 1.90 bits per heavy atom. The van der Waals surface area contributed by atoms with Crippen LogP contribution in [0.25, 0.3) is 10.6 Å². The number of anilines is 1. The second-order valence-corrected chi connectivity index (χ2v) is 7.33. The molecule has 8 nitrogen and oxygen atoms in total. The molecule has 9 heteroatoms. The first-order valence-corrected chi connectivity index (χ1v) is 9.80. The molecule has 0 fully saturated rings. The molecule has 3 rings (SSSR count). The van der Waals surface area contributed by atoms with Crippen molar-refractivity contribution in [2.24, 2.45) is 7.05 Å². The van der Waals surface area contributed by atoms with Gasteiger partial charge in [-0.15, -0.1) is 11.3 Å².